The van der Waals surface area contributed by atoms with E-state index in [0.29, 0.717) is 19.3 Å². The van der Waals surface area contributed by atoms with Gasteiger partial charge in [0.2, 0.25) is 0 Å². The lowest BCUT2D eigenvalue weighted by molar-refractivity contribution is -0.161. The van der Waals surface area contributed by atoms with Crippen LogP contribution in [-0.2, 0) is 42.2 Å². The van der Waals surface area contributed by atoms with Gasteiger partial charge in [0.1, 0.15) is 12.7 Å². The number of phosphoric acid groups is 1. The largest absolute Gasteiger partial charge is 0.472 e. The normalized spacial score (nSPS) is 13.7. The number of hydrogen-bond acceptors (Lipinski definition) is 10. The summed E-state index contributed by atoms with van der Waals surface area (Å²) < 4.78 is 39.5. The van der Waals surface area contributed by atoms with Gasteiger partial charge in [0.05, 0.1) is 19.8 Å². The van der Waals surface area contributed by atoms with Gasteiger partial charge < -0.3 is 24.2 Å². The molecule has 0 spiro atoms. The van der Waals surface area contributed by atoms with Crippen LogP contribution in [0.1, 0.15) is 265 Å². The van der Waals surface area contributed by atoms with E-state index in [2.05, 4.69) is 69.4 Å². The van der Waals surface area contributed by atoms with Crippen molar-refractivity contribution in [1.82, 2.24) is 0 Å². The summed E-state index contributed by atoms with van der Waals surface area (Å²) >= 11 is 0. The molecule has 70 heavy (non-hydrogen) atoms. The highest BCUT2D eigenvalue weighted by Gasteiger charge is 2.28. The molecule has 3 unspecified atom stereocenters. The smallest absolute Gasteiger partial charge is 0.462 e. The van der Waals surface area contributed by atoms with Crippen LogP contribution in [0.15, 0.2) is 48.6 Å². The van der Waals surface area contributed by atoms with E-state index in [9.17, 15) is 28.9 Å². The zero-order valence-corrected chi connectivity index (χ0v) is 45.9. The highest BCUT2D eigenvalue weighted by molar-refractivity contribution is 7.47. The molecule has 408 valence electrons. The fourth-order valence-corrected chi connectivity index (χ4v) is 8.68. The zero-order chi connectivity index (χ0) is 51.3. The fraction of sp³-hybridized carbons (Fsp3) is 0.810. The number of ether oxygens (including phenoxy) is 3. The third-order valence-corrected chi connectivity index (χ3v) is 13.2. The Labute approximate surface area is 428 Å². The molecule has 11 nitrogen and oxygen atoms in total. The van der Waals surface area contributed by atoms with Crippen molar-refractivity contribution in [3.8, 4) is 0 Å². The molecule has 2 N–H and O–H groups in total. The van der Waals surface area contributed by atoms with Crippen LogP contribution in [0, 0.1) is 0 Å². The van der Waals surface area contributed by atoms with Gasteiger partial charge in [-0.25, -0.2) is 4.57 Å². The maximum Gasteiger partial charge on any atom is 0.472 e. The maximum atomic E-state index is 12.9. The standard InChI is InChI=1S/C58H105O11P/c1-4-7-10-13-16-19-22-25-26-27-28-31-34-37-40-43-46-49-58(62)69-55(51-65-56(60)47-44-41-38-35-32-29-23-20-17-14-11-8-5-2)53-67-70(63,64)66-52-54(50-59)68-57(61)48-45-42-39-36-33-30-24-21-18-15-12-9-6-3/h9,12,18,21,25-26,30,33,54-55,59H,4-8,10-11,13-17,19-20,22-24,27-29,31-32,34-53H2,1-3H3,(H,63,64)/b12-9-,21-18-,26-25-,33-30-. The van der Waals surface area contributed by atoms with Crippen molar-refractivity contribution in [3.63, 3.8) is 0 Å². The van der Waals surface area contributed by atoms with Crippen LogP contribution in [0.5, 0.6) is 0 Å². The third kappa shape index (κ3) is 50.4. The van der Waals surface area contributed by atoms with Gasteiger partial charge in [0.25, 0.3) is 0 Å². The minimum Gasteiger partial charge on any atom is -0.462 e. The van der Waals surface area contributed by atoms with E-state index in [1.54, 1.807) is 0 Å². The molecule has 0 aliphatic heterocycles. The summed E-state index contributed by atoms with van der Waals surface area (Å²) in [6.07, 6.45) is 55.0. The van der Waals surface area contributed by atoms with Crippen molar-refractivity contribution >= 4 is 25.7 Å². The average Bonchev–Trinajstić information content (AvgIpc) is 3.35. The topological polar surface area (TPSA) is 155 Å². The second-order valence-electron chi connectivity index (χ2n) is 19.1. The first kappa shape index (κ1) is 67.4. The number of carbonyl (C=O) groups is 3. The number of rotatable bonds is 53. The molecule has 0 amide bonds. The van der Waals surface area contributed by atoms with E-state index < -0.39 is 57.8 Å². The molecule has 0 aliphatic carbocycles. The van der Waals surface area contributed by atoms with Gasteiger partial charge in [-0.15, -0.1) is 0 Å². The monoisotopic (exact) mass is 1010 g/mol. The molecule has 0 rings (SSSR count). The molecular weight excluding hydrogens is 904 g/mol. The van der Waals surface area contributed by atoms with Crippen LogP contribution in [0.3, 0.4) is 0 Å². The molecule has 0 fully saturated rings. The molecule has 0 radical (unpaired) electrons. The third-order valence-electron chi connectivity index (χ3n) is 12.2. The quantitative estimate of drug-likeness (QED) is 0.0197. The molecule has 0 aromatic rings. The number of allylic oxidation sites excluding steroid dienone is 8. The predicted octanol–water partition coefficient (Wildman–Crippen LogP) is 16.6. The Kier molecular flexibility index (Phi) is 50.8. The Hall–Kier alpha value is -2.56. The highest BCUT2D eigenvalue weighted by atomic mass is 31.2. The molecule has 0 saturated carbocycles. The molecule has 0 saturated heterocycles. The Morgan fingerprint density at radius 3 is 1.17 bits per heavy atom. The summed E-state index contributed by atoms with van der Waals surface area (Å²) in [5.74, 6) is -1.49. The SMILES string of the molecule is CC/C=C\C/C=C\C/C=C\CCCCCC(=O)OC(CO)COP(=O)(O)OCC(COC(=O)CCCCCCCCCCCCCCC)OC(=O)CCCCCCCCC/C=C\CCCCCCCC. The number of carbonyl (C=O) groups excluding carboxylic acids is 3. The van der Waals surface area contributed by atoms with Crippen molar-refractivity contribution in [3.05, 3.63) is 48.6 Å². The molecular formula is C58H105O11P. The zero-order valence-electron chi connectivity index (χ0n) is 45.0. The lowest BCUT2D eigenvalue weighted by Crippen LogP contribution is -2.30. The minimum absolute atomic E-state index is 0.143. The van der Waals surface area contributed by atoms with Crippen LogP contribution in [0.2, 0.25) is 0 Å². The summed E-state index contributed by atoms with van der Waals surface area (Å²) in [5, 5.41) is 9.79. The summed E-state index contributed by atoms with van der Waals surface area (Å²) in [6.45, 7) is 4.51. The van der Waals surface area contributed by atoms with Crippen LogP contribution in [-0.4, -0.2) is 66.5 Å². The predicted molar refractivity (Wildman–Crippen MR) is 289 cm³/mol. The van der Waals surface area contributed by atoms with Crippen LogP contribution in [0.4, 0.5) is 0 Å². The van der Waals surface area contributed by atoms with E-state index in [1.807, 2.05) is 0 Å². The molecule has 0 aromatic heterocycles. The summed E-state index contributed by atoms with van der Waals surface area (Å²) in [6, 6.07) is 0. The Morgan fingerprint density at radius 1 is 0.414 bits per heavy atom. The van der Waals surface area contributed by atoms with Gasteiger partial charge in [0.15, 0.2) is 6.10 Å². The molecule has 0 aliphatic rings. The molecule has 0 aromatic carbocycles. The highest BCUT2D eigenvalue weighted by Crippen LogP contribution is 2.43. The van der Waals surface area contributed by atoms with Gasteiger partial charge >= 0.3 is 25.7 Å². The number of phosphoric ester groups is 1. The Morgan fingerprint density at radius 2 is 0.743 bits per heavy atom. The molecule has 3 atom stereocenters. The van der Waals surface area contributed by atoms with Crippen molar-refractivity contribution in [2.75, 3.05) is 26.4 Å². The minimum atomic E-state index is -4.75. The number of aliphatic hydroxyl groups is 1. The van der Waals surface area contributed by atoms with Crippen molar-refractivity contribution < 1.29 is 52.2 Å². The van der Waals surface area contributed by atoms with E-state index in [0.717, 1.165) is 83.5 Å². The Bertz CT molecular complexity index is 1360. The second kappa shape index (κ2) is 52.8. The van der Waals surface area contributed by atoms with Gasteiger partial charge in [-0.05, 0) is 77.0 Å². The van der Waals surface area contributed by atoms with E-state index in [-0.39, 0.29) is 25.9 Å². The summed E-state index contributed by atoms with van der Waals surface area (Å²) in [4.78, 5) is 48.5. The van der Waals surface area contributed by atoms with Crippen LogP contribution >= 0.6 is 7.82 Å². The Balaban J connectivity index is 4.73. The van der Waals surface area contributed by atoms with Gasteiger partial charge in [0, 0.05) is 19.3 Å². The van der Waals surface area contributed by atoms with Crippen molar-refractivity contribution in [2.45, 2.75) is 277 Å². The maximum absolute atomic E-state index is 12.9. The summed E-state index contributed by atoms with van der Waals surface area (Å²) in [5.41, 5.74) is 0. The van der Waals surface area contributed by atoms with E-state index in [4.69, 9.17) is 23.3 Å². The number of unbranched alkanes of at least 4 members (excludes halogenated alkanes) is 28. The molecule has 0 heterocycles. The second-order valence-corrected chi connectivity index (χ2v) is 20.5. The number of esters is 3. The lowest BCUT2D eigenvalue weighted by Gasteiger charge is -2.21. The first-order valence-electron chi connectivity index (χ1n) is 28.5. The molecule has 0 bridgehead atoms. The van der Waals surface area contributed by atoms with Crippen LogP contribution < -0.4 is 0 Å². The number of aliphatic hydroxyl groups excluding tert-OH is 1. The number of hydrogen-bond donors (Lipinski definition) is 2. The van der Waals surface area contributed by atoms with Gasteiger partial charge in [-0.1, -0.05) is 217 Å². The van der Waals surface area contributed by atoms with Gasteiger partial charge in [-0.3, -0.25) is 23.4 Å². The molecule has 12 heteroatoms. The van der Waals surface area contributed by atoms with Crippen molar-refractivity contribution in [2.24, 2.45) is 0 Å². The van der Waals surface area contributed by atoms with Gasteiger partial charge in [-0.2, -0.15) is 0 Å². The fourth-order valence-electron chi connectivity index (χ4n) is 7.90. The average molecular weight is 1010 g/mol. The first-order valence-corrected chi connectivity index (χ1v) is 30.0. The van der Waals surface area contributed by atoms with E-state index in [1.165, 1.54) is 122 Å². The summed E-state index contributed by atoms with van der Waals surface area (Å²) in [7, 11) is -4.75. The van der Waals surface area contributed by atoms with E-state index >= 15 is 0 Å². The lowest BCUT2D eigenvalue weighted by atomic mass is 10.0. The van der Waals surface area contributed by atoms with Crippen molar-refractivity contribution in [1.29, 1.82) is 0 Å². The first-order chi connectivity index (χ1) is 34.2. The van der Waals surface area contributed by atoms with Crippen LogP contribution in [0.25, 0.3) is 0 Å².